The van der Waals surface area contributed by atoms with Crippen molar-refractivity contribution >= 4 is 5.97 Å². The highest BCUT2D eigenvalue weighted by Crippen LogP contribution is 1.99. The second-order valence-corrected chi connectivity index (χ2v) is 1.97. The van der Waals surface area contributed by atoms with Crippen molar-refractivity contribution in [1.82, 2.24) is 0 Å². The molecular weight excluding hydrogens is 128 g/mol. The molecule has 0 aromatic heterocycles. The Balaban J connectivity index is 3.36. The van der Waals surface area contributed by atoms with E-state index >= 15 is 0 Å². The first kappa shape index (κ1) is 9.03. The number of ether oxygens (including phenoxy) is 1. The van der Waals surface area contributed by atoms with Crippen molar-refractivity contribution in [2.45, 2.75) is 25.9 Å². The van der Waals surface area contributed by atoms with Gasteiger partial charge in [-0.25, -0.2) is 0 Å². The van der Waals surface area contributed by atoms with E-state index < -0.39 is 0 Å². The zero-order chi connectivity index (χ0) is 7.98. The summed E-state index contributed by atoms with van der Waals surface area (Å²) in [4.78, 5) is 10.3. The minimum Gasteiger partial charge on any atom is -0.463 e. The van der Waals surface area contributed by atoms with E-state index in [0.717, 1.165) is 0 Å². The van der Waals surface area contributed by atoms with Crippen LogP contribution in [0.5, 0.6) is 0 Å². The Labute approximate surface area is 61.6 Å². The fourth-order valence-electron chi connectivity index (χ4n) is 0.538. The summed E-state index contributed by atoms with van der Waals surface area (Å²) in [5.41, 5.74) is 0. The van der Waals surface area contributed by atoms with Gasteiger partial charge in [0.25, 0.3) is 0 Å². The van der Waals surface area contributed by atoms with E-state index in [2.05, 4.69) is 12.8 Å². The van der Waals surface area contributed by atoms with Crippen LogP contribution in [0.3, 0.4) is 0 Å². The highest BCUT2D eigenvalue weighted by molar-refractivity contribution is 5.66. The zero-order valence-electron chi connectivity index (χ0n) is 6.09. The first-order valence-corrected chi connectivity index (χ1v) is 3.10. The summed E-state index contributed by atoms with van der Waals surface area (Å²) in [6, 6.07) is 0. The van der Waals surface area contributed by atoms with Crippen LogP contribution in [0.4, 0.5) is 0 Å². The van der Waals surface area contributed by atoms with Gasteiger partial charge >= 0.3 is 5.97 Å². The second kappa shape index (κ2) is 4.87. The fourth-order valence-corrected chi connectivity index (χ4v) is 0.538. The third kappa shape index (κ3) is 5.17. The quantitative estimate of drug-likeness (QED) is 0.433. The summed E-state index contributed by atoms with van der Waals surface area (Å²) in [5.74, 6) is 2.13. The average molecular weight is 139 g/mol. The van der Waals surface area contributed by atoms with Crippen molar-refractivity contribution in [3.63, 3.8) is 0 Å². The van der Waals surface area contributed by atoms with Gasteiger partial charge in [0.15, 0.2) is 0 Å². The molecule has 2 nitrogen and oxygen atoms in total. The van der Waals surface area contributed by atoms with Gasteiger partial charge in [-0.3, -0.25) is 4.79 Å². The number of rotatable bonds is 3. The average Bonchev–Trinajstić information content (AvgIpc) is 1.82. The minimum atomic E-state index is -0.308. The second-order valence-electron chi connectivity index (χ2n) is 1.97. The molecule has 0 heterocycles. The zero-order valence-corrected chi connectivity index (χ0v) is 6.09. The number of hydrogen-bond acceptors (Lipinski definition) is 2. The van der Waals surface area contributed by atoms with Crippen molar-refractivity contribution in [2.75, 3.05) is 0 Å². The molecule has 0 aliphatic heterocycles. The van der Waals surface area contributed by atoms with Crippen LogP contribution in [0.25, 0.3) is 0 Å². The molecule has 10 heavy (non-hydrogen) atoms. The van der Waals surface area contributed by atoms with Gasteiger partial charge in [-0.05, 0) is 13.3 Å². The van der Waals surface area contributed by atoms with Gasteiger partial charge in [0.1, 0.15) is 6.10 Å². The van der Waals surface area contributed by atoms with E-state index in [9.17, 15) is 4.79 Å². The van der Waals surface area contributed by atoms with E-state index in [1.807, 2.05) is 0 Å². The normalized spacial score (nSPS) is 11.7. The Morgan fingerprint density at radius 2 is 2.50 bits per heavy atom. The molecule has 2 heteroatoms. The molecule has 0 saturated heterocycles. The van der Waals surface area contributed by atoms with E-state index in [1.54, 1.807) is 0 Å². The Kier molecular flexibility index (Phi) is 4.39. The van der Waals surface area contributed by atoms with Crippen molar-refractivity contribution in [1.29, 1.82) is 0 Å². The SMILES string of the molecule is C#CCCC([CH2])OC(C)=O. The predicted molar refractivity (Wildman–Crippen MR) is 39.0 cm³/mol. The van der Waals surface area contributed by atoms with E-state index in [-0.39, 0.29) is 12.1 Å². The topological polar surface area (TPSA) is 26.3 Å². The van der Waals surface area contributed by atoms with E-state index in [4.69, 9.17) is 11.2 Å². The molecule has 0 rings (SSSR count). The maximum atomic E-state index is 10.3. The lowest BCUT2D eigenvalue weighted by Crippen LogP contribution is -2.11. The molecule has 0 aliphatic carbocycles. The van der Waals surface area contributed by atoms with Gasteiger partial charge in [-0.1, -0.05) is 0 Å². The molecule has 1 unspecified atom stereocenters. The van der Waals surface area contributed by atoms with Gasteiger partial charge in [0, 0.05) is 13.3 Å². The molecule has 0 N–H and O–H groups in total. The van der Waals surface area contributed by atoms with Gasteiger partial charge in [0.2, 0.25) is 0 Å². The van der Waals surface area contributed by atoms with Crippen molar-refractivity contribution in [2.24, 2.45) is 0 Å². The monoisotopic (exact) mass is 139 g/mol. The highest BCUT2D eigenvalue weighted by atomic mass is 16.5. The maximum absolute atomic E-state index is 10.3. The largest absolute Gasteiger partial charge is 0.463 e. The number of esters is 1. The van der Waals surface area contributed by atoms with Crippen LogP contribution in [0.15, 0.2) is 0 Å². The minimum absolute atomic E-state index is 0.298. The predicted octanol–water partition coefficient (Wildman–Crippen LogP) is 1.17. The lowest BCUT2D eigenvalue weighted by molar-refractivity contribution is -0.144. The number of carbonyl (C=O) groups excluding carboxylic acids is 1. The molecule has 0 aromatic rings. The van der Waals surface area contributed by atoms with Crippen LogP contribution in [0, 0.1) is 19.3 Å². The molecular formula is C8H11O2. The van der Waals surface area contributed by atoms with E-state index in [0.29, 0.717) is 12.8 Å². The summed E-state index contributed by atoms with van der Waals surface area (Å²) >= 11 is 0. The first-order valence-electron chi connectivity index (χ1n) is 3.10. The van der Waals surface area contributed by atoms with Crippen LogP contribution in [0.2, 0.25) is 0 Å². The summed E-state index contributed by atoms with van der Waals surface area (Å²) in [6.07, 6.45) is 5.93. The highest BCUT2D eigenvalue weighted by Gasteiger charge is 2.02. The van der Waals surface area contributed by atoms with Gasteiger partial charge in [0.05, 0.1) is 0 Å². The third-order valence-corrected chi connectivity index (χ3v) is 0.943. The molecule has 0 bridgehead atoms. The fraction of sp³-hybridized carbons (Fsp3) is 0.500. The van der Waals surface area contributed by atoms with Crippen molar-refractivity contribution in [3.8, 4) is 12.3 Å². The molecule has 55 valence electrons. The molecule has 0 fully saturated rings. The summed E-state index contributed by atoms with van der Waals surface area (Å²) in [5, 5.41) is 0. The summed E-state index contributed by atoms with van der Waals surface area (Å²) in [7, 11) is 0. The Morgan fingerprint density at radius 3 is 2.90 bits per heavy atom. The summed E-state index contributed by atoms with van der Waals surface area (Å²) in [6.45, 7) is 4.93. The van der Waals surface area contributed by atoms with Crippen molar-refractivity contribution in [3.05, 3.63) is 6.92 Å². The number of terminal acetylenes is 1. The van der Waals surface area contributed by atoms with Gasteiger partial charge in [-0.15, -0.1) is 12.3 Å². The molecule has 1 radical (unpaired) electrons. The third-order valence-electron chi connectivity index (χ3n) is 0.943. The van der Waals surface area contributed by atoms with Crippen LogP contribution < -0.4 is 0 Å². The van der Waals surface area contributed by atoms with Crippen molar-refractivity contribution < 1.29 is 9.53 Å². The number of carbonyl (C=O) groups is 1. The Morgan fingerprint density at radius 1 is 1.90 bits per heavy atom. The molecule has 0 aliphatic rings. The lowest BCUT2D eigenvalue weighted by atomic mass is 10.2. The molecule has 0 aromatic carbocycles. The van der Waals surface area contributed by atoms with Gasteiger partial charge < -0.3 is 4.74 Å². The van der Waals surface area contributed by atoms with Gasteiger partial charge in [-0.2, -0.15) is 0 Å². The lowest BCUT2D eigenvalue weighted by Gasteiger charge is -2.08. The van der Waals surface area contributed by atoms with E-state index in [1.165, 1.54) is 6.92 Å². The standard InChI is InChI=1S/C8H11O2/c1-4-5-6-7(2)10-8(3)9/h1,7H,2,5-6H2,3H3. The molecule has 0 saturated carbocycles. The van der Waals surface area contributed by atoms with Crippen LogP contribution in [0.1, 0.15) is 19.8 Å². The van der Waals surface area contributed by atoms with Crippen LogP contribution in [-0.4, -0.2) is 12.1 Å². The molecule has 1 atom stereocenters. The number of hydrogen-bond donors (Lipinski definition) is 0. The Hall–Kier alpha value is -0.970. The van der Waals surface area contributed by atoms with Crippen LogP contribution >= 0.6 is 0 Å². The van der Waals surface area contributed by atoms with Crippen LogP contribution in [-0.2, 0) is 9.53 Å². The molecule has 0 amide bonds. The first-order chi connectivity index (χ1) is 4.66. The summed E-state index contributed by atoms with van der Waals surface area (Å²) < 4.78 is 4.71. The smallest absolute Gasteiger partial charge is 0.302 e. The maximum Gasteiger partial charge on any atom is 0.302 e. The Bertz CT molecular complexity index is 144. The molecule has 0 spiro atoms.